The summed E-state index contributed by atoms with van der Waals surface area (Å²) in [5.74, 6) is -1.74. The van der Waals surface area contributed by atoms with Gasteiger partial charge in [0, 0.05) is 49.7 Å². The summed E-state index contributed by atoms with van der Waals surface area (Å²) in [7, 11) is 1.48. The van der Waals surface area contributed by atoms with Gasteiger partial charge in [0.15, 0.2) is 5.78 Å². The number of hydrogen-bond donors (Lipinski definition) is 1. The zero-order valence-electron chi connectivity index (χ0n) is 22.9. The molecule has 0 aliphatic carbocycles. The number of ether oxygens (including phenoxy) is 1. The van der Waals surface area contributed by atoms with Gasteiger partial charge in [0.1, 0.15) is 12.6 Å². The van der Waals surface area contributed by atoms with E-state index in [1.807, 2.05) is 96.1 Å². The second-order valence-electron chi connectivity index (χ2n) is 10.2. The van der Waals surface area contributed by atoms with E-state index >= 15 is 0 Å². The van der Waals surface area contributed by atoms with Gasteiger partial charge in [-0.2, -0.15) is 0 Å². The van der Waals surface area contributed by atoms with Crippen molar-refractivity contribution < 1.29 is 19.1 Å². The van der Waals surface area contributed by atoms with Crippen molar-refractivity contribution in [1.29, 1.82) is 0 Å². The van der Waals surface area contributed by atoms with Crippen molar-refractivity contribution in [3.05, 3.63) is 102 Å². The lowest BCUT2D eigenvalue weighted by molar-refractivity contribution is -0.148. The van der Waals surface area contributed by atoms with E-state index in [1.165, 1.54) is 7.11 Å². The van der Waals surface area contributed by atoms with Crippen LogP contribution in [-0.4, -0.2) is 79.6 Å². The second-order valence-corrected chi connectivity index (χ2v) is 11.0. The maximum Gasteiger partial charge on any atom is 0.249 e. The summed E-state index contributed by atoms with van der Waals surface area (Å²) >= 11 is 1.61. The number of ketones is 1. The van der Waals surface area contributed by atoms with E-state index in [2.05, 4.69) is 5.32 Å². The maximum absolute atomic E-state index is 14.6. The molecule has 2 amide bonds. The van der Waals surface area contributed by atoms with Crippen LogP contribution in [0, 0.1) is 5.92 Å². The number of hydrogen-bond acceptors (Lipinski definition) is 6. The van der Waals surface area contributed by atoms with Crippen molar-refractivity contribution in [2.24, 2.45) is 5.92 Å². The Kier molecular flexibility index (Phi) is 8.99. The van der Waals surface area contributed by atoms with Gasteiger partial charge in [-0.1, -0.05) is 72.8 Å². The Balaban J connectivity index is 1.72. The van der Waals surface area contributed by atoms with Crippen LogP contribution in [0.2, 0.25) is 0 Å². The molecule has 2 aliphatic heterocycles. The molecule has 208 valence electrons. The van der Waals surface area contributed by atoms with Gasteiger partial charge < -0.3 is 19.9 Å². The first-order chi connectivity index (χ1) is 19.5. The third kappa shape index (κ3) is 5.57. The molecule has 0 bridgehead atoms. The van der Waals surface area contributed by atoms with Crippen LogP contribution < -0.4 is 5.32 Å². The Morgan fingerprint density at radius 1 is 0.875 bits per heavy atom. The Morgan fingerprint density at radius 2 is 1.48 bits per heavy atom. The summed E-state index contributed by atoms with van der Waals surface area (Å²) in [6.07, 6.45) is 2.00. The molecular formula is C32H35N3O4S. The number of rotatable bonds is 8. The van der Waals surface area contributed by atoms with Crippen molar-refractivity contribution >= 4 is 29.4 Å². The highest BCUT2D eigenvalue weighted by atomic mass is 32.2. The van der Waals surface area contributed by atoms with Gasteiger partial charge in [0.2, 0.25) is 11.8 Å². The minimum Gasteiger partial charge on any atom is -0.375 e. The van der Waals surface area contributed by atoms with Crippen LogP contribution >= 0.6 is 11.8 Å². The third-order valence-electron chi connectivity index (χ3n) is 7.91. The lowest BCUT2D eigenvalue weighted by atomic mass is 9.76. The van der Waals surface area contributed by atoms with E-state index in [-0.39, 0.29) is 24.2 Å². The number of nitrogens with one attached hydrogen (secondary N) is 1. The Hall–Kier alpha value is -3.46. The standard InChI is InChI=1S/C32H35N3O4S/c1-39-21-26(36)35-29(23-11-7-4-8-12-23)28(31(37)24-13-15-25(40-2)16-14-24)27(22-9-5-3-6-10-22)30(35)32(38)34-19-17-33-18-20-34/h3-16,27-30,33H,17-21H2,1-2H3. The zero-order valence-corrected chi connectivity index (χ0v) is 23.7. The first-order valence-corrected chi connectivity index (χ1v) is 14.9. The van der Waals surface area contributed by atoms with Gasteiger partial charge in [0.25, 0.3) is 0 Å². The van der Waals surface area contributed by atoms with E-state index in [0.29, 0.717) is 31.7 Å². The van der Waals surface area contributed by atoms with Crippen LogP contribution in [0.5, 0.6) is 0 Å². The van der Waals surface area contributed by atoms with Gasteiger partial charge in [0.05, 0.1) is 12.0 Å². The fourth-order valence-corrected chi connectivity index (χ4v) is 6.51. The molecule has 5 rings (SSSR count). The summed E-state index contributed by atoms with van der Waals surface area (Å²) in [6.45, 7) is 2.29. The van der Waals surface area contributed by atoms with Crippen molar-refractivity contribution in [3.63, 3.8) is 0 Å². The fourth-order valence-electron chi connectivity index (χ4n) is 6.10. The number of carbonyl (C=O) groups excluding carboxylic acids is 3. The first-order valence-electron chi connectivity index (χ1n) is 13.6. The number of thioether (sulfide) groups is 1. The number of amides is 2. The average Bonchev–Trinajstić information content (AvgIpc) is 3.38. The van der Waals surface area contributed by atoms with Gasteiger partial charge in [-0.05, 0) is 29.5 Å². The molecule has 4 unspecified atom stereocenters. The first kappa shape index (κ1) is 28.1. The molecule has 40 heavy (non-hydrogen) atoms. The number of methoxy groups -OCH3 is 1. The Morgan fingerprint density at radius 3 is 2.05 bits per heavy atom. The fraction of sp³-hybridized carbons (Fsp3) is 0.344. The number of carbonyl (C=O) groups is 3. The quantitative estimate of drug-likeness (QED) is 0.333. The highest BCUT2D eigenvalue weighted by molar-refractivity contribution is 7.98. The molecule has 0 saturated carbocycles. The van der Waals surface area contributed by atoms with Crippen molar-refractivity contribution in [2.45, 2.75) is 22.9 Å². The predicted molar refractivity (Wildman–Crippen MR) is 156 cm³/mol. The molecule has 2 saturated heterocycles. The molecule has 0 radical (unpaired) electrons. The van der Waals surface area contributed by atoms with Crippen molar-refractivity contribution in [2.75, 3.05) is 46.2 Å². The third-order valence-corrected chi connectivity index (χ3v) is 8.65. The van der Waals surface area contributed by atoms with Crippen LogP contribution in [0.15, 0.2) is 89.8 Å². The number of piperazine rings is 1. The highest BCUT2D eigenvalue weighted by Crippen LogP contribution is 2.51. The Labute approximate surface area is 239 Å². The monoisotopic (exact) mass is 557 g/mol. The number of Topliss-reactive ketones (excluding diaryl/α,β-unsaturated/α-hetero) is 1. The summed E-state index contributed by atoms with van der Waals surface area (Å²) in [6, 6.07) is 25.4. The normalized spacial score (nSPS) is 22.8. The second kappa shape index (κ2) is 12.8. The van der Waals surface area contributed by atoms with Gasteiger partial charge in [-0.25, -0.2) is 0 Å². The largest absolute Gasteiger partial charge is 0.375 e. The Bertz CT molecular complexity index is 1310. The molecule has 7 nitrogen and oxygen atoms in total. The predicted octanol–water partition coefficient (Wildman–Crippen LogP) is 4.02. The van der Waals surface area contributed by atoms with Crippen molar-refractivity contribution in [3.8, 4) is 0 Å². The van der Waals surface area contributed by atoms with E-state index in [0.717, 1.165) is 16.0 Å². The number of nitrogens with zero attached hydrogens (tertiary/aromatic N) is 2. The topological polar surface area (TPSA) is 79.0 Å². The molecule has 2 fully saturated rings. The number of benzene rings is 3. The van der Waals surface area contributed by atoms with E-state index < -0.39 is 23.9 Å². The van der Waals surface area contributed by atoms with Crippen LogP contribution in [-0.2, 0) is 14.3 Å². The molecule has 3 aromatic rings. The summed E-state index contributed by atoms with van der Waals surface area (Å²) < 4.78 is 5.31. The van der Waals surface area contributed by atoms with Crippen LogP contribution in [0.3, 0.4) is 0 Å². The number of likely N-dealkylation sites (tertiary alicyclic amines) is 1. The molecule has 1 N–H and O–H groups in total. The molecule has 2 heterocycles. The summed E-state index contributed by atoms with van der Waals surface area (Å²) in [5, 5.41) is 3.30. The lowest BCUT2D eigenvalue weighted by Gasteiger charge is -2.36. The zero-order chi connectivity index (χ0) is 28.1. The van der Waals surface area contributed by atoms with Crippen LogP contribution in [0.1, 0.15) is 33.4 Å². The van der Waals surface area contributed by atoms with E-state index in [9.17, 15) is 14.4 Å². The van der Waals surface area contributed by atoms with E-state index in [1.54, 1.807) is 16.7 Å². The molecule has 3 aromatic carbocycles. The highest BCUT2D eigenvalue weighted by Gasteiger charge is 2.57. The maximum atomic E-state index is 14.6. The molecule has 4 atom stereocenters. The minimum atomic E-state index is -0.854. The average molecular weight is 558 g/mol. The van der Waals surface area contributed by atoms with Gasteiger partial charge in [-0.15, -0.1) is 11.8 Å². The molecular weight excluding hydrogens is 522 g/mol. The molecule has 0 aromatic heterocycles. The SMILES string of the molecule is COCC(=O)N1C(C(=O)N2CCNCC2)C(c2ccccc2)C(C(=O)c2ccc(SC)cc2)C1c1ccccc1. The van der Waals surface area contributed by atoms with Gasteiger partial charge in [-0.3, -0.25) is 14.4 Å². The molecule has 2 aliphatic rings. The smallest absolute Gasteiger partial charge is 0.249 e. The molecule has 0 spiro atoms. The van der Waals surface area contributed by atoms with Crippen LogP contribution in [0.25, 0.3) is 0 Å². The summed E-state index contributed by atoms with van der Waals surface area (Å²) in [4.78, 5) is 47.4. The molecule has 8 heteroatoms. The van der Waals surface area contributed by atoms with Crippen LogP contribution in [0.4, 0.5) is 0 Å². The lowest BCUT2D eigenvalue weighted by Crippen LogP contribution is -2.55. The summed E-state index contributed by atoms with van der Waals surface area (Å²) in [5.41, 5.74) is 2.25. The minimum absolute atomic E-state index is 0.0822. The van der Waals surface area contributed by atoms with Gasteiger partial charge >= 0.3 is 0 Å². The van der Waals surface area contributed by atoms with E-state index in [4.69, 9.17) is 4.74 Å². The van der Waals surface area contributed by atoms with Crippen molar-refractivity contribution in [1.82, 2.24) is 15.1 Å².